The van der Waals surface area contributed by atoms with Crippen molar-refractivity contribution in [3.8, 4) is 0 Å². The number of carbonyl (C=O) groups excluding carboxylic acids is 1. The predicted molar refractivity (Wildman–Crippen MR) is 75.9 cm³/mol. The number of anilines is 1. The zero-order chi connectivity index (χ0) is 14.3. The van der Waals surface area contributed by atoms with Crippen LogP contribution >= 0.6 is 0 Å². The highest BCUT2D eigenvalue weighted by molar-refractivity contribution is 5.95. The van der Waals surface area contributed by atoms with Crippen LogP contribution in [0, 0.1) is 0 Å². The number of nitrogens with two attached hydrogens (primary N) is 1. The molecule has 0 aromatic carbocycles. The lowest BCUT2D eigenvalue weighted by molar-refractivity contribution is 0.0754. The molecule has 0 unspecified atom stereocenters. The van der Waals surface area contributed by atoms with E-state index in [9.17, 15) is 4.79 Å². The van der Waals surface area contributed by atoms with Gasteiger partial charge in [-0.2, -0.15) is 0 Å². The molecule has 0 atom stereocenters. The number of hydrogen-bond donors (Lipinski definition) is 2. The molecule has 1 heterocycles. The van der Waals surface area contributed by atoms with Crippen LogP contribution in [0.1, 0.15) is 42.7 Å². The standard InChI is InChI=1S/C14H23N3O2/c1-3-6-12-9-11(10-13(15)16-12)14(19)17(4-2)7-5-8-18/h9-10,18H,3-8H2,1-2H3,(H2,15,16). The zero-order valence-electron chi connectivity index (χ0n) is 11.7. The van der Waals surface area contributed by atoms with Crippen molar-refractivity contribution < 1.29 is 9.90 Å². The molecule has 1 aromatic heterocycles. The molecule has 1 amide bonds. The quantitative estimate of drug-likeness (QED) is 0.782. The number of pyridine rings is 1. The molecule has 1 aromatic rings. The summed E-state index contributed by atoms with van der Waals surface area (Å²) >= 11 is 0. The molecule has 0 aliphatic rings. The largest absolute Gasteiger partial charge is 0.396 e. The Labute approximate surface area is 114 Å². The van der Waals surface area contributed by atoms with Crippen molar-refractivity contribution in [1.29, 1.82) is 0 Å². The maximum absolute atomic E-state index is 12.4. The summed E-state index contributed by atoms with van der Waals surface area (Å²) in [4.78, 5) is 18.3. The van der Waals surface area contributed by atoms with E-state index >= 15 is 0 Å². The molecule has 0 fully saturated rings. The lowest BCUT2D eigenvalue weighted by Crippen LogP contribution is -2.32. The maximum atomic E-state index is 12.4. The first-order chi connectivity index (χ1) is 9.12. The Bertz CT molecular complexity index is 421. The number of nitrogens with zero attached hydrogens (tertiary/aromatic N) is 2. The first kappa shape index (κ1) is 15.4. The second-order valence-corrected chi connectivity index (χ2v) is 4.48. The zero-order valence-corrected chi connectivity index (χ0v) is 11.7. The third kappa shape index (κ3) is 4.52. The summed E-state index contributed by atoms with van der Waals surface area (Å²) in [6.45, 7) is 5.24. The third-order valence-electron chi connectivity index (χ3n) is 2.91. The summed E-state index contributed by atoms with van der Waals surface area (Å²) in [5.41, 5.74) is 7.18. The van der Waals surface area contributed by atoms with E-state index in [1.807, 2.05) is 13.0 Å². The van der Waals surface area contributed by atoms with Gasteiger partial charge >= 0.3 is 0 Å². The third-order valence-corrected chi connectivity index (χ3v) is 2.91. The fourth-order valence-electron chi connectivity index (χ4n) is 1.97. The van der Waals surface area contributed by atoms with Gasteiger partial charge in [0, 0.05) is 31.0 Å². The van der Waals surface area contributed by atoms with Crippen LogP contribution in [0.5, 0.6) is 0 Å². The van der Waals surface area contributed by atoms with Gasteiger partial charge in [0.1, 0.15) is 5.82 Å². The van der Waals surface area contributed by atoms with Crippen molar-refractivity contribution in [3.63, 3.8) is 0 Å². The van der Waals surface area contributed by atoms with Crippen molar-refractivity contribution in [2.75, 3.05) is 25.4 Å². The van der Waals surface area contributed by atoms with Crippen LogP contribution in [-0.2, 0) is 6.42 Å². The summed E-state index contributed by atoms with van der Waals surface area (Å²) in [5.74, 6) is 0.329. The monoisotopic (exact) mass is 265 g/mol. The molecule has 3 N–H and O–H groups in total. The van der Waals surface area contributed by atoms with Crippen molar-refractivity contribution in [2.45, 2.75) is 33.1 Å². The molecular weight excluding hydrogens is 242 g/mol. The first-order valence-electron chi connectivity index (χ1n) is 6.78. The molecule has 0 saturated carbocycles. The van der Waals surface area contributed by atoms with Crippen molar-refractivity contribution >= 4 is 11.7 Å². The van der Waals surface area contributed by atoms with Crippen LogP contribution in [0.4, 0.5) is 5.82 Å². The van der Waals surface area contributed by atoms with Gasteiger partial charge in [-0.15, -0.1) is 0 Å². The minimum Gasteiger partial charge on any atom is -0.396 e. The summed E-state index contributed by atoms with van der Waals surface area (Å²) in [6, 6.07) is 3.42. The minimum absolute atomic E-state index is 0.0533. The minimum atomic E-state index is -0.0533. The van der Waals surface area contributed by atoms with E-state index < -0.39 is 0 Å². The van der Waals surface area contributed by atoms with Gasteiger partial charge in [0.05, 0.1) is 0 Å². The van der Waals surface area contributed by atoms with Gasteiger partial charge in [-0.1, -0.05) is 13.3 Å². The average molecular weight is 265 g/mol. The predicted octanol–water partition coefficient (Wildman–Crippen LogP) is 1.46. The normalized spacial score (nSPS) is 10.5. The Kier molecular flexibility index (Phi) is 6.29. The topological polar surface area (TPSA) is 79.5 Å². The summed E-state index contributed by atoms with van der Waals surface area (Å²) in [5, 5.41) is 8.85. The van der Waals surface area contributed by atoms with Crippen molar-refractivity contribution in [1.82, 2.24) is 9.88 Å². The molecule has 0 aliphatic heterocycles. The number of aromatic nitrogens is 1. The highest BCUT2D eigenvalue weighted by atomic mass is 16.3. The number of aliphatic hydroxyl groups excluding tert-OH is 1. The average Bonchev–Trinajstić information content (AvgIpc) is 2.39. The van der Waals surface area contributed by atoms with Crippen molar-refractivity contribution in [3.05, 3.63) is 23.4 Å². The summed E-state index contributed by atoms with van der Waals surface area (Å²) < 4.78 is 0. The Morgan fingerprint density at radius 2 is 2.16 bits per heavy atom. The number of hydrogen-bond acceptors (Lipinski definition) is 4. The van der Waals surface area contributed by atoms with Gasteiger partial charge in [0.2, 0.25) is 0 Å². The van der Waals surface area contributed by atoms with E-state index in [1.165, 1.54) is 0 Å². The maximum Gasteiger partial charge on any atom is 0.254 e. The molecule has 1 rings (SSSR count). The lowest BCUT2D eigenvalue weighted by atomic mass is 10.1. The molecule has 0 aliphatic carbocycles. The van der Waals surface area contributed by atoms with E-state index in [1.54, 1.807) is 11.0 Å². The van der Waals surface area contributed by atoms with Crippen LogP contribution < -0.4 is 5.73 Å². The Balaban J connectivity index is 2.90. The second-order valence-electron chi connectivity index (χ2n) is 4.48. The molecule has 0 saturated heterocycles. The highest BCUT2D eigenvalue weighted by Gasteiger charge is 2.15. The van der Waals surface area contributed by atoms with E-state index in [-0.39, 0.29) is 12.5 Å². The number of carbonyl (C=O) groups is 1. The van der Waals surface area contributed by atoms with Crippen LogP contribution in [0.3, 0.4) is 0 Å². The number of aryl methyl sites for hydroxylation is 1. The Morgan fingerprint density at radius 1 is 1.42 bits per heavy atom. The van der Waals surface area contributed by atoms with Gasteiger partial charge in [0.25, 0.3) is 5.91 Å². The van der Waals surface area contributed by atoms with Crippen LogP contribution in [-0.4, -0.2) is 40.6 Å². The number of rotatable bonds is 7. The summed E-state index contributed by atoms with van der Waals surface area (Å²) in [7, 11) is 0. The number of aliphatic hydroxyl groups is 1. The molecule has 5 heteroatoms. The Hall–Kier alpha value is -1.62. The Morgan fingerprint density at radius 3 is 2.74 bits per heavy atom. The van der Waals surface area contributed by atoms with Gasteiger partial charge in [-0.25, -0.2) is 4.98 Å². The van der Waals surface area contributed by atoms with Gasteiger partial charge in [0.15, 0.2) is 0 Å². The van der Waals surface area contributed by atoms with Gasteiger partial charge in [-0.05, 0) is 31.9 Å². The van der Waals surface area contributed by atoms with Crippen molar-refractivity contribution in [2.24, 2.45) is 0 Å². The number of nitrogen functional groups attached to an aromatic ring is 1. The second kappa shape index (κ2) is 7.74. The van der Waals surface area contributed by atoms with Crippen LogP contribution in [0.15, 0.2) is 12.1 Å². The molecule has 5 nitrogen and oxygen atoms in total. The molecule has 0 radical (unpaired) electrons. The van der Waals surface area contributed by atoms with Gasteiger partial charge in [-0.3, -0.25) is 4.79 Å². The summed E-state index contributed by atoms with van der Waals surface area (Å²) in [6.07, 6.45) is 2.36. The van der Waals surface area contributed by atoms with Crippen LogP contribution in [0.25, 0.3) is 0 Å². The van der Waals surface area contributed by atoms with Gasteiger partial charge < -0.3 is 15.7 Å². The van der Waals surface area contributed by atoms with E-state index in [2.05, 4.69) is 11.9 Å². The van der Waals surface area contributed by atoms with Crippen LogP contribution in [0.2, 0.25) is 0 Å². The van der Waals surface area contributed by atoms with E-state index in [0.29, 0.717) is 30.9 Å². The lowest BCUT2D eigenvalue weighted by Gasteiger charge is -2.20. The van der Waals surface area contributed by atoms with E-state index in [4.69, 9.17) is 10.8 Å². The fraction of sp³-hybridized carbons (Fsp3) is 0.571. The highest BCUT2D eigenvalue weighted by Crippen LogP contribution is 2.12. The first-order valence-corrected chi connectivity index (χ1v) is 6.78. The molecule has 19 heavy (non-hydrogen) atoms. The fourth-order valence-corrected chi connectivity index (χ4v) is 1.97. The van der Waals surface area contributed by atoms with E-state index in [0.717, 1.165) is 18.5 Å². The molecule has 106 valence electrons. The molecule has 0 bridgehead atoms. The molecule has 0 spiro atoms. The molecular formula is C14H23N3O2. The SMILES string of the molecule is CCCc1cc(C(=O)N(CC)CCCO)cc(N)n1. The smallest absolute Gasteiger partial charge is 0.254 e. The number of amides is 1.